The Bertz CT molecular complexity index is 1610. The first-order chi connectivity index (χ1) is 20.1. The van der Waals surface area contributed by atoms with Crippen molar-refractivity contribution in [2.24, 2.45) is 22.1 Å². The lowest BCUT2D eigenvalue weighted by molar-refractivity contribution is -0.119. The number of pyridine rings is 1. The third-order valence-corrected chi connectivity index (χ3v) is 7.70. The summed E-state index contributed by atoms with van der Waals surface area (Å²) in [5.74, 6) is -0.891. The van der Waals surface area contributed by atoms with Crippen molar-refractivity contribution in [1.82, 2.24) is 4.98 Å². The Kier molecular flexibility index (Phi) is 7.93. The molecule has 2 unspecified atom stereocenters. The Morgan fingerprint density at radius 1 is 1.05 bits per heavy atom. The van der Waals surface area contributed by atoms with Crippen LogP contribution in [-0.4, -0.2) is 35.4 Å². The van der Waals surface area contributed by atoms with E-state index < -0.39 is 17.7 Å². The number of ether oxygens (including phenoxy) is 2. The predicted octanol–water partition coefficient (Wildman–Crippen LogP) is 5.22. The summed E-state index contributed by atoms with van der Waals surface area (Å²) in [5, 5.41) is 2.91. The number of hydrogen-bond acceptors (Lipinski definition) is 7. The number of carbonyl (C=O) groups is 3. The van der Waals surface area contributed by atoms with Crippen molar-refractivity contribution in [3.8, 4) is 11.5 Å². The molecule has 2 atom stereocenters. The summed E-state index contributed by atoms with van der Waals surface area (Å²) in [6.07, 6.45) is 2.60. The van der Waals surface area contributed by atoms with E-state index >= 15 is 0 Å². The number of aliphatic imine (C=N–C) groups is 1. The van der Waals surface area contributed by atoms with Crippen molar-refractivity contribution in [3.63, 3.8) is 0 Å². The molecule has 42 heavy (non-hydrogen) atoms. The molecule has 1 aliphatic carbocycles. The largest absolute Gasteiger partial charge is 0.496 e. The van der Waals surface area contributed by atoms with Gasteiger partial charge in [0.1, 0.15) is 23.9 Å². The molecule has 0 saturated carbocycles. The van der Waals surface area contributed by atoms with Crippen LogP contribution in [0.15, 0.2) is 83.1 Å². The number of nitrogens with two attached hydrogens (primary N) is 1. The van der Waals surface area contributed by atoms with E-state index in [1.54, 1.807) is 61.8 Å². The van der Waals surface area contributed by atoms with Crippen molar-refractivity contribution in [2.75, 3.05) is 12.4 Å². The zero-order chi connectivity index (χ0) is 30.0. The van der Waals surface area contributed by atoms with Crippen molar-refractivity contribution >= 4 is 29.1 Å². The molecule has 0 fully saturated rings. The number of hydrogen-bond donors (Lipinski definition) is 2. The topological polar surface area (TPSA) is 133 Å². The van der Waals surface area contributed by atoms with Gasteiger partial charge in [-0.2, -0.15) is 0 Å². The quantitative estimate of drug-likeness (QED) is 0.384. The number of allylic oxidation sites excluding steroid dienone is 2. The molecule has 3 N–H and O–H groups in total. The van der Waals surface area contributed by atoms with Gasteiger partial charge < -0.3 is 20.5 Å². The molecule has 5 rings (SSSR count). The molecule has 1 aromatic heterocycles. The molecule has 9 nitrogen and oxygen atoms in total. The number of rotatable bonds is 8. The first-order valence-electron chi connectivity index (χ1n) is 13.8. The fourth-order valence-corrected chi connectivity index (χ4v) is 5.84. The molecule has 0 bridgehead atoms. The van der Waals surface area contributed by atoms with Gasteiger partial charge in [-0.1, -0.05) is 38.1 Å². The van der Waals surface area contributed by atoms with Crippen LogP contribution in [0.1, 0.15) is 61.0 Å². The zero-order valence-corrected chi connectivity index (χ0v) is 24.1. The van der Waals surface area contributed by atoms with Gasteiger partial charge in [0.15, 0.2) is 5.78 Å². The van der Waals surface area contributed by atoms with Crippen LogP contribution < -0.4 is 20.5 Å². The summed E-state index contributed by atoms with van der Waals surface area (Å²) in [7, 11) is 1.56. The van der Waals surface area contributed by atoms with E-state index in [2.05, 4.69) is 24.1 Å². The second kappa shape index (κ2) is 11.6. The predicted molar refractivity (Wildman–Crippen MR) is 160 cm³/mol. The summed E-state index contributed by atoms with van der Waals surface area (Å²) in [6.45, 7) is 6.01. The Balaban J connectivity index is 1.57. The van der Waals surface area contributed by atoms with Crippen LogP contribution in [0, 0.1) is 11.3 Å². The van der Waals surface area contributed by atoms with Gasteiger partial charge in [-0.05, 0) is 60.7 Å². The SMILES string of the molecule is COc1ccc(C2C3=C(CC(C)(C)CC3=O)N=C(C)C2C(=O)Nc2ccccn2)cc1COc1ccccc1C(N)=O. The van der Waals surface area contributed by atoms with Gasteiger partial charge in [0.05, 0.1) is 18.6 Å². The second-order valence-corrected chi connectivity index (χ2v) is 11.4. The number of anilines is 1. The average Bonchev–Trinajstić information content (AvgIpc) is 2.95. The van der Waals surface area contributed by atoms with Crippen LogP contribution in [0.4, 0.5) is 5.82 Å². The minimum Gasteiger partial charge on any atom is -0.496 e. The fourth-order valence-electron chi connectivity index (χ4n) is 5.84. The molecule has 9 heteroatoms. The molecule has 216 valence electrons. The number of carbonyl (C=O) groups excluding carboxylic acids is 3. The molecule has 0 radical (unpaired) electrons. The van der Waals surface area contributed by atoms with Crippen LogP contribution in [0.2, 0.25) is 0 Å². The van der Waals surface area contributed by atoms with E-state index in [9.17, 15) is 14.4 Å². The van der Waals surface area contributed by atoms with Crippen molar-refractivity contribution in [2.45, 2.75) is 46.1 Å². The maximum atomic E-state index is 13.8. The highest BCUT2D eigenvalue weighted by Crippen LogP contribution is 2.48. The highest BCUT2D eigenvalue weighted by atomic mass is 16.5. The molecule has 2 amide bonds. The van der Waals surface area contributed by atoms with Crippen molar-refractivity contribution in [1.29, 1.82) is 0 Å². The highest BCUT2D eigenvalue weighted by Gasteiger charge is 2.45. The summed E-state index contributed by atoms with van der Waals surface area (Å²) < 4.78 is 11.6. The minimum atomic E-state index is -0.742. The van der Waals surface area contributed by atoms with Crippen molar-refractivity contribution in [3.05, 3.63) is 94.8 Å². The van der Waals surface area contributed by atoms with Crippen LogP contribution in [0.5, 0.6) is 11.5 Å². The van der Waals surface area contributed by atoms with E-state index in [-0.39, 0.29) is 29.3 Å². The highest BCUT2D eigenvalue weighted by molar-refractivity contribution is 6.13. The number of benzene rings is 2. The maximum Gasteiger partial charge on any atom is 0.252 e. The number of ketones is 1. The van der Waals surface area contributed by atoms with E-state index in [0.717, 1.165) is 11.3 Å². The molecule has 2 aliphatic rings. The lowest BCUT2D eigenvalue weighted by atomic mass is 9.66. The number of amides is 2. The normalized spacial score (nSPS) is 19.4. The molecule has 0 saturated heterocycles. The zero-order valence-electron chi connectivity index (χ0n) is 24.1. The number of Topliss-reactive ketones (excluding diaryl/α,β-unsaturated/α-hetero) is 1. The van der Waals surface area contributed by atoms with E-state index in [4.69, 9.17) is 20.2 Å². The lowest BCUT2D eigenvalue weighted by Gasteiger charge is -2.39. The molecule has 2 aromatic carbocycles. The van der Waals surface area contributed by atoms with Gasteiger partial charge in [0.25, 0.3) is 5.91 Å². The summed E-state index contributed by atoms with van der Waals surface area (Å²) in [5.41, 5.74) is 8.93. The summed E-state index contributed by atoms with van der Waals surface area (Å²) >= 11 is 0. The van der Waals surface area contributed by atoms with Gasteiger partial charge in [-0.3, -0.25) is 19.4 Å². The standard InChI is InChI=1S/C33H34N4O5/c1-19-28(32(40)37-27-11-7-8-14-35-27)29(30-23(36-19)16-33(2,3)17-24(30)38)20-12-13-25(41-4)21(15-20)18-42-26-10-6-5-9-22(26)31(34)39/h5-15,28-29H,16-18H2,1-4H3,(H2,34,39)(H,35,37,40). The average molecular weight is 567 g/mol. The number of primary amides is 1. The number of nitrogens with zero attached hydrogens (tertiary/aromatic N) is 2. The number of aromatic nitrogens is 1. The Morgan fingerprint density at radius 3 is 2.52 bits per heavy atom. The first kappa shape index (κ1) is 28.7. The van der Waals surface area contributed by atoms with Gasteiger partial charge in [0, 0.05) is 41.1 Å². The fraction of sp³-hybridized carbons (Fsp3) is 0.303. The smallest absolute Gasteiger partial charge is 0.252 e. The lowest BCUT2D eigenvalue weighted by Crippen LogP contribution is -2.41. The number of para-hydroxylation sites is 1. The summed E-state index contributed by atoms with van der Waals surface area (Å²) in [6, 6.07) is 17.6. The Hall–Kier alpha value is -4.79. The van der Waals surface area contributed by atoms with Gasteiger partial charge in [0.2, 0.25) is 5.91 Å². The number of nitrogens with one attached hydrogen (secondary N) is 1. The van der Waals surface area contributed by atoms with Crippen LogP contribution in [0.3, 0.4) is 0 Å². The molecule has 1 aliphatic heterocycles. The van der Waals surface area contributed by atoms with Gasteiger partial charge in [-0.15, -0.1) is 0 Å². The van der Waals surface area contributed by atoms with Gasteiger partial charge >= 0.3 is 0 Å². The van der Waals surface area contributed by atoms with Crippen LogP contribution >= 0.6 is 0 Å². The molecule has 0 spiro atoms. The Labute approximate surface area is 244 Å². The second-order valence-electron chi connectivity index (χ2n) is 11.4. The third kappa shape index (κ3) is 5.81. The van der Waals surface area contributed by atoms with Crippen LogP contribution in [-0.2, 0) is 16.2 Å². The summed E-state index contributed by atoms with van der Waals surface area (Å²) in [4.78, 5) is 48.5. The van der Waals surface area contributed by atoms with E-state index in [1.165, 1.54) is 0 Å². The maximum absolute atomic E-state index is 13.8. The monoisotopic (exact) mass is 566 g/mol. The number of methoxy groups -OCH3 is 1. The van der Waals surface area contributed by atoms with Crippen LogP contribution in [0.25, 0.3) is 0 Å². The minimum absolute atomic E-state index is 0.0119. The van der Waals surface area contributed by atoms with Crippen molar-refractivity contribution < 1.29 is 23.9 Å². The van der Waals surface area contributed by atoms with Gasteiger partial charge in [-0.25, -0.2) is 4.98 Å². The molecule has 3 aromatic rings. The molecule has 2 heterocycles. The molecular weight excluding hydrogens is 532 g/mol. The van der Waals surface area contributed by atoms with E-state index in [0.29, 0.717) is 47.0 Å². The third-order valence-electron chi connectivity index (χ3n) is 7.70. The van der Waals surface area contributed by atoms with E-state index in [1.807, 2.05) is 19.1 Å². The first-order valence-corrected chi connectivity index (χ1v) is 13.8. The molecular formula is C33H34N4O5. The Morgan fingerprint density at radius 2 is 1.81 bits per heavy atom.